The van der Waals surface area contributed by atoms with Gasteiger partial charge in [0, 0.05) is 12.7 Å². The molecule has 1 amide bonds. The van der Waals surface area contributed by atoms with Crippen LogP contribution in [0.5, 0.6) is 0 Å². The SMILES string of the molecule is C[C@@H](CNC(=O)CN1CCC(c2cn[nH]c2)CC1)c1ccccc1. The third kappa shape index (κ3) is 4.45. The number of hydrogen-bond donors (Lipinski definition) is 2. The molecular formula is C19H26N4O. The van der Waals surface area contributed by atoms with Crippen molar-refractivity contribution in [3.63, 3.8) is 0 Å². The Bertz CT molecular complexity index is 618. The highest BCUT2D eigenvalue weighted by Crippen LogP contribution is 2.26. The predicted octanol–water partition coefficient (Wildman–Crippen LogP) is 2.51. The lowest BCUT2D eigenvalue weighted by Gasteiger charge is -2.31. The Labute approximate surface area is 143 Å². The molecule has 2 N–H and O–H groups in total. The standard InChI is InChI=1S/C19H26N4O/c1-15(16-5-3-2-4-6-16)11-20-19(24)14-23-9-7-17(8-10-23)18-12-21-22-13-18/h2-6,12-13,15,17H,7-11,14H2,1H3,(H,20,24)(H,21,22)/t15-/m0/s1. The van der Waals surface area contributed by atoms with Gasteiger partial charge in [0.15, 0.2) is 0 Å². The quantitative estimate of drug-likeness (QED) is 0.857. The van der Waals surface area contributed by atoms with Crippen molar-refractivity contribution in [1.29, 1.82) is 0 Å². The maximum Gasteiger partial charge on any atom is 0.234 e. The molecule has 3 rings (SSSR count). The Morgan fingerprint density at radius 2 is 2.08 bits per heavy atom. The van der Waals surface area contributed by atoms with E-state index in [0.717, 1.165) is 25.9 Å². The first-order valence-electron chi connectivity index (χ1n) is 8.75. The van der Waals surface area contributed by atoms with E-state index in [1.807, 2.05) is 30.6 Å². The highest BCUT2D eigenvalue weighted by molar-refractivity contribution is 5.78. The Kier molecular flexibility index (Phi) is 5.64. The highest BCUT2D eigenvalue weighted by atomic mass is 16.2. The molecule has 0 saturated carbocycles. The lowest BCUT2D eigenvalue weighted by molar-refractivity contribution is -0.122. The van der Waals surface area contributed by atoms with E-state index < -0.39 is 0 Å². The number of nitrogens with one attached hydrogen (secondary N) is 2. The average Bonchev–Trinajstić information content (AvgIpc) is 3.16. The van der Waals surface area contributed by atoms with Crippen molar-refractivity contribution in [2.24, 2.45) is 0 Å². The summed E-state index contributed by atoms with van der Waals surface area (Å²) in [6.07, 6.45) is 6.08. The number of benzene rings is 1. The minimum absolute atomic E-state index is 0.125. The molecule has 2 aromatic rings. The lowest BCUT2D eigenvalue weighted by Crippen LogP contribution is -2.41. The van der Waals surface area contributed by atoms with Gasteiger partial charge in [-0.3, -0.25) is 14.8 Å². The third-order valence-electron chi connectivity index (χ3n) is 4.92. The van der Waals surface area contributed by atoms with Crippen LogP contribution in [0.2, 0.25) is 0 Å². The fourth-order valence-electron chi connectivity index (χ4n) is 3.33. The van der Waals surface area contributed by atoms with Crippen LogP contribution in [0.3, 0.4) is 0 Å². The van der Waals surface area contributed by atoms with Crippen LogP contribution in [0.15, 0.2) is 42.7 Å². The second-order valence-corrected chi connectivity index (χ2v) is 6.70. The van der Waals surface area contributed by atoms with Gasteiger partial charge in [0.25, 0.3) is 0 Å². The maximum absolute atomic E-state index is 12.2. The molecule has 5 nitrogen and oxygen atoms in total. The summed E-state index contributed by atoms with van der Waals surface area (Å²) in [5.41, 5.74) is 2.55. The van der Waals surface area contributed by atoms with Crippen molar-refractivity contribution in [3.05, 3.63) is 53.9 Å². The first kappa shape index (κ1) is 16.7. The topological polar surface area (TPSA) is 61.0 Å². The van der Waals surface area contributed by atoms with Crippen molar-refractivity contribution < 1.29 is 4.79 Å². The van der Waals surface area contributed by atoms with Crippen LogP contribution in [0, 0.1) is 0 Å². The van der Waals surface area contributed by atoms with Gasteiger partial charge in [-0.15, -0.1) is 0 Å². The van der Waals surface area contributed by atoms with Crippen molar-refractivity contribution in [2.45, 2.75) is 31.6 Å². The number of likely N-dealkylation sites (tertiary alicyclic amines) is 1. The zero-order valence-electron chi connectivity index (χ0n) is 14.2. The summed E-state index contributed by atoms with van der Waals surface area (Å²) in [7, 11) is 0. The van der Waals surface area contributed by atoms with Crippen LogP contribution in [-0.4, -0.2) is 47.2 Å². The van der Waals surface area contributed by atoms with Crippen LogP contribution < -0.4 is 5.32 Å². The molecule has 1 aromatic heterocycles. The van der Waals surface area contributed by atoms with E-state index in [1.54, 1.807) is 0 Å². The summed E-state index contributed by atoms with van der Waals surface area (Å²) in [5, 5.41) is 9.98. The summed E-state index contributed by atoms with van der Waals surface area (Å²) in [6.45, 7) is 5.27. The van der Waals surface area contributed by atoms with E-state index >= 15 is 0 Å². The van der Waals surface area contributed by atoms with Crippen LogP contribution in [0.1, 0.15) is 42.7 Å². The second-order valence-electron chi connectivity index (χ2n) is 6.70. The van der Waals surface area contributed by atoms with Crippen molar-refractivity contribution in [2.75, 3.05) is 26.2 Å². The lowest BCUT2D eigenvalue weighted by atomic mass is 9.91. The first-order valence-corrected chi connectivity index (χ1v) is 8.75. The van der Waals surface area contributed by atoms with Crippen LogP contribution in [0.25, 0.3) is 0 Å². The molecular weight excluding hydrogens is 300 g/mol. The fraction of sp³-hybridized carbons (Fsp3) is 0.474. The number of aromatic nitrogens is 2. The monoisotopic (exact) mass is 326 g/mol. The summed E-state index contributed by atoms with van der Waals surface area (Å²) >= 11 is 0. The van der Waals surface area contributed by atoms with E-state index in [4.69, 9.17) is 0 Å². The normalized spacial score (nSPS) is 17.5. The molecule has 2 heterocycles. The number of carbonyl (C=O) groups excluding carboxylic acids is 1. The van der Waals surface area contributed by atoms with Gasteiger partial charge >= 0.3 is 0 Å². The molecule has 1 aliphatic rings. The predicted molar refractivity (Wildman–Crippen MR) is 94.9 cm³/mol. The Hall–Kier alpha value is -2.14. The number of nitrogens with zero attached hydrogens (tertiary/aromatic N) is 2. The van der Waals surface area contributed by atoms with E-state index in [1.165, 1.54) is 11.1 Å². The molecule has 1 atom stereocenters. The van der Waals surface area contributed by atoms with Crippen molar-refractivity contribution in [3.8, 4) is 0 Å². The number of carbonyl (C=O) groups is 1. The van der Waals surface area contributed by atoms with E-state index in [0.29, 0.717) is 24.9 Å². The molecule has 1 aromatic carbocycles. The van der Waals surface area contributed by atoms with Gasteiger partial charge in [0.1, 0.15) is 0 Å². The molecule has 0 bridgehead atoms. The summed E-state index contributed by atoms with van der Waals surface area (Å²) in [5.74, 6) is 1.03. The molecule has 0 spiro atoms. The smallest absolute Gasteiger partial charge is 0.234 e. The summed E-state index contributed by atoms with van der Waals surface area (Å²) < 4.78 is 0. The molecule has 0 radical (unpaired) electrons. The van der Waals surface area contributed by atoms with Crippen molar-refractivity contribution >= 4 is 5.91 Å². The second kappa shape index (κ2) is 8.11. The number of aromatic amines is 1. The van der Waals surface area contributed by atoms with Gasteiger partial charge < -0.3 is 5.32 Å². The minimum Gasteiger partial charge on any atom is -0.354 e. The van der Waals surface area contributed by atoms with Gasteiger partial charge in [-0.2, -0.15) is 5.10 Å². The van der Waals surface area contributed by atoms with E-state index in [2.05, 4.69) is 39.5 Å². The molecule has 24 heavy (non-hydrogen) atoms. The Balaban J connectivity index is 1.38. The van der Waals surface area contributed by atoms with E-state index in [9.17, 15) is 4.79 Å². The highest BCUT2D eigenvalue weighted by Gasteiger charge is 2.22. The van der Waals surface area contributed by atoms with Gasteiger partial charge in [-0.25, -0.2) is 0 Å². The molecule has 0 aliphatic carbocycles. The fourth-order valence-corrected chi connectivity index (χ4v) is 3.33. The number of rotatable bonds is 6. The number of piperidine rings is 1. The Morgan fingerprint density at radius 1 is 1.33 bits per heavy atom. The van der Waals surface area contributed by atoms with Gasteiger partial charge in [0.05, 0.1) is 12.7 Å². The van der Waals surface area contributed by atoms with Crippen LogP contribution in [-0.2, 0) is 4.79 Å². The molecule has 1 fully saturated rings. The number of amides is 1. The number of H-pyrrole nitrogens is 1. The molecule has 128 valence electrons. The molecule has 1 aliphatic heterocycles. The largest absolute Gasteiger partial charge is 0.354 e. The minimum atomic E-state index is 0.125. The zero-order chi connectivity index (χ0) is 16.8. The van der Waals surface area contributed by atoms with E-state index in [-0.39, 0.29) is 5.91 Å². The van der Waals surface area contributed by atoms with Crippen LogP contribution >= 0.6 is 0 Å². The molecule has 0 unspecified atom stereocenters. The zero-order valence-corrected chi connectivity index (χ0v) is 14.2. The molecule has 1 saturated heterocycles. The maximum atomic E-state index is 12.2. The van der Waals surface area contributed by atoms with Crippen molar-refractivity contribution in [1.82, 2.24) is 20.4 Å². The summed E-state index contributed by atoms with van der Waals surface area (Å²) in [6, 6.07) is 10.3. The van der Waals surface area contributed by atoms with Crippen LogP contribution in [0.4, 0.5) is 0 Å². The number of hydrogen-bond acceptors (Lipinski definition) is 3. The Morgan fingerprint density at radius 3 is 2.75 bits per heavy atom. The van der Waals surface area contributed by atoms with Gasteiger partial charge in [-0.1, -0.05) is 37.3 Å². The van der Waals surface area contributed by atoms with Gasteiger partial charge in [0.2, 0.25) is 5.91 Å². The third-order valence-corrected chi connectivity index (χ3v) is 4.92. The summed E-state index contributed by atoms with van der Waals surface area (Å²) in [4.78, 5) is 14.4. The molecule has 5 heteroatoms. The average molecular weight is 326 g/mol. The first-order chi connectivity index (χ1) is 11.7. The van der Waals surface area contributed by atoms with Gasteiger partial charge in [-0.05, 0) is 48.9 Å².